The van der Waals surface area contributed by atoms with E-state index in [0.29, 0.717) is 23.0 Å². The van der Waals surface area contributed by atoms with Gasteiger partial charge in [0, 0.05) is 18.0 Å². The van der Waals surface area contributed by atoms with Gasteiger partial charge in [0.1, 0.15) is 16.9 Å². The maximum atomic E-state index is 12.9. The minimum absolute atomic E-state index is 0.0614. The quantitative estimate of drug-likeness (QED) is 0.382. The number of carbonyl (C=O) groups is 2. The third-order valence-corrected chi connectivity index (χ3v) is 7.50. The summed E-state index contributed by atoms with van der Waals surface area (Å²) < 4.78 is 21.5. The van der Waals surface area contributed by atoms with Crippen molar-refractivity contribution < 1.29 is 28.5 Å². The molecular formula is C26H27N3O6S. The van der Waals surface area contributed by atoms with Crippen LogP contribution in [0.25, 0.3) is 0 Å². The zero-order valence-corrected chi connectivity index (χ0v) is 21.3. The predicted molar refractivity (Wildman–Crippen MR) is 136 cm³/mol. The van der Waals surface area contributed by atoms with Crippen molar-refractivity contribution in [2.45, 2.75) is 19.1 Å². The smallest absolute Gasteiger partial charge is 0.343 e. The lowest BCUT2D eigenvalue weighted by Gasteiger charge is -2.27. The molecule has 0 radical (unpaired) electrons. The zero-order chi connectivity index (χ0) is 25.4. The van der Waals surface area contributed by atoms with Crippen LogP contribution in [0.15, 0.2) is 36.4 Å². The molecule has 9 nitrogen and oxygen atoms in total. The molecule has 5 rings (SSSR count). The van der Waals surface area contributed by atoms with E-state index >= 15 is 0 Å². The first kappa shape index (κ1) is 24.0. The average molecular weight is 510 g/mol. The minimum atomic E-state index is -0.565. The molecule has 2 N–H and O–H groups in total. The van der Waals surface area contributed by atoms with Gasteiger partial charge in [-0.1, -0.05) is 12.1 Å². The van der Waals surface area contributed by atoms with Crippen molar-refractivity contribution >= 4 is 28.2 Å². The van der Waals surface area contributed by atoms with E-state index < -0.39 is 5.97 Å². The highest BCUT2D eigenvalue weighted by molar-refractivity contribution is 7.16. The molecule has 0 saturated heterocycles. The van der Waals surface area contributed by atoms with Crippen LogP contribution in [0.4, 0.5) is 5.00 Å². The van der Waals surface area contributed by atoms with Gasteiger partial charge in [-0.25, -0.2) is 4.79 Å². The molecule has 0 bridgehead atoms. The number of carbonyl (C=O) groups excluding carboxylic acids is 2. The SMILES string of the molecule is COc1cc(C(=O)Oc2ccc([C@H]3NC(=O)c4c(sc5c4CCN(C)C5)N3)cc2)cc(OC)c1OC. The molecule has 0 unspecified atom stereocenters. The van der Waals surface area contributed by atoms with Gasteiger partial charge in [0.2, 0.25) is 5.75 Å². The molecule has 3 heterocycles. The number of nitrogens with one attached hydrogen (secondary N) is 2. The Hall–Kier alpha value is -3.76. The summed E-state index contributed by atoms with van der Waals surface area (Å²) >= 11 is 1.65. The van der Waals surface area contributed by atoms with Crippen molar-refractivity contribution in [2.24, 2.45) is 0 Å². The summed E-state index contributed by atoms with van der Waals surface area (Å²) in [6.07, 6.45) is 0.506. The molecule has 36 heavy (non-hydrogen) atoms. The van der Waals surface area contributed by atoms with E-state index in [1.807, 2.05) is 12.1 Å². The van der Waals surface area contributed by atoms with Crippen LogP contribution in [-0.2, 0) is 13.0 Å². The van der Waals surface area contributed by atoms with E-state index in [-0.39, 0.29) is 17.6 Å². The third kappa shape index (κ3) is 4.33. The lowest BCUT2D eigenvalue weighted by molar-refractivity contribution is 0.0733. The molecule has 0 saturated carbocycles. The molecule has 3 aromatic rings. The second kappa shape index (κ2) is 9.71. The summed E-state index contributed by atoms with van der Waals surface area (Å²) in [5.74, 6) is 0.859. The van der Waals surface area contributed by atoms with Crippen molar-refractivity contribution in [3.8, 4) is 23.0 Å². The number of hydrogen-bond acceptors (Lipinski definition) is 9. The van der Waals surface area contributed by atoms with Crippen molar-refractivity contribution in [1.82, 2.24) is 10.2 Å². The largest absolute Gasteiger partial charge is 0.493 e. The van der Waals surface area contributed by atoms with Crippen molar-refractivity contribution in [3.05, 3.63) is 63.5 Å². The Morgan fingerprint density at radius 1 is 1.03 bits per heavy atom. The summed E-state index contributed by atoms with van der Waals surface area (Å²) in [6, 6.07) is 10.1. The van der Waals surface area contributed by atoms with Crippen LogP contribution in [0, 0.1) is 0 Å². The highest BCUT2D eigenvalue weighted by Gasteiger charge is 2.32. The number of fused-ring (bicyclic) bond motifs is 3. The maximum absolute atomic E-state index is 12.9. The van der Waals surface area contributed by atoms with Crippen LogP contribution in [0.3, 0.4) is 0 Å². The van der Waals surface area contributed by atoms with Crippen molar-refractivity contribution in [1.29, 1.82) is 0 Å². The zero-order valence-electron chi connectivity index (χ0n) is 20.5. The van der Waals surface area contributed by atoms with E-state index in [0.717, 1.165) is 41.2 Å². The Balaban J connectivity index is 1.31. The number of likely N-dealkylation sites (N-methyl/N-ethyl adjacent to an activating group) is 1. The lowest BCUT2D eigenvalue weighted by atomic mass is 10.0. The molecule has 10 heteroatoms. The standard InChI is InChI=1S/C26H27N3O6S/c1-29-10-9-17-20(13-29)36-25-21(17)24(30)27-23(28-25)14-5-7-16(8-6-14)35-26(31)15-11-18(32-2)22(34-4)19(12-15)33-3/h5-8,11-12,23,28H,9-10,13H2,1-4H3,(H,27,30)/t23-/m0/s1. The first-order valence-corrected chi connectivity index (χ1v) is 12.3. The normalized spacial score (nSPS) is 16.8. The maximum Gasteiger partial charge on any atom is 0.343 e. The van der Waals surface area contributed by atoms with Crippen molar-refractivity contribution in [2.75, 3.05) is 40.2 Å². The molecule has 0 spiro atoms. The Kier molecular flexibility index (Phi) is 6.46. The summed E-state index contributed by atoms with van der Waals surface area (Å²) in [5, 5.41) is 7.42. The van der Waals surface area contributed by atoms with Gasteiger partial charge in [-0.2, -0.15) is 0 Å². The first-order chi connectivity index (χ1) is 17.4. The monoisotopic (exact) mass is 509 g/mol. The number of rotatable bonds is 6. The topological polar surface area (TPSA) is 98.4 Å². The first-order valence-electron chi connectivity index (χ1n) is 11.4. The molecular weight excluding hydrogens is 482 g/mol. The van der Waals surface area contributed by atoms with Crippen molar-refractivity contribution in [3.63, 3.8) is 0 Å². The Bertz CT molecular complexity index is 1290. The fraction of sp³-hybridized carbons (Fsp3) is 0.308. The highest BCUT2D eigenvalue weighted by atomic mass is 32.1. The molecule has 1 amide bonds. The summed E-state index contributed by atoms with van der Waals surface area (Å²) in [4.78, 5) is 29.2. The van der Waals surface area contributed by atoms with E-state index in [9.17, 15) is 9.59 Å². The number of ether oxygens (including phenoxy) is 4. The van der Waals surface area contributed by atoms with E-state index in [1.54, 1.807) is 23.5 Å². The highest BCUT2D eigenvalue weighted by Crippen LogP contribution is 2.41. The number of amides is 1. The third-order valence-electron chi connectivity index (χ3n) is 6.35. The van der Waals surface area contributed by atoms with Crippen LogP contribution < -0.4 is 29.6 Å². The number of nitrogens with zero attached hydrogens (tertiary/aromatic N) is 1. The van der Waals surface area contributed by atoms with Crippen LogP contribution in [-0.4, -0.2) is 51.7 Å². The summed E-state index contributed by atoms with van der Waals surface area (Å²) in [6.45, 7) is 1.81. The lowest BCUT2D eigenvalue weighted by Crippen LogP contribution is -2.38. The summed E-state index contributed by atoms with van der Waals surface area (Å²) in [7, 11) is 6.55. The van der Waals surface area contributed by atoms with Crippen LogP contribution in [0.2, 0.25) is 0 Å². The molecule has 2 aliphatic rings. The Labute approximate surface area is 212 Å². The molecule has 1 atom stereocenters. The number of methoxy groups -OCH3 is 3. The second-order valence-corrected chi connectivity index (χ2v) is 9.72. The van der Waals surface area contributed by atoms with Gasteiger partial charge in [-0.05, 0) is 48.9 Å². The van der Waals surface area contributed by atoms with Crippen LogP contribution in [0.1, 0.15) is 42.9 Å². The fourth-order valence-corrected chi connectivity index (χ4v) is 5.86. The number of anilines is 1. The molecule has 0 fully saturated rings. The fourth-order valence-electron chi connectivity index (χ4n) is 4.50. The average Bonchev–Trinajstić information content (AvgIpc) is 3.25. The number of thiophene rings is 1. The second-order valence-electron chi connectivity index (χ2n) is 8.62. The molecule has 2 aliphatic heterocycles. The van der Waals surface area contributed by atoms with E-state index in [2.05, 4.69) is 22.6 Å². The van der Waals surface area contributed by atoms with E-state index in [1.165, 1.54) is 38.3 Å². The van der Waals surface area contributed by atoms with E-state index in [4.69, 9.17) is 18.9 Å². The van der Waals surface area contributed by atoms with Gasteiger partial charge >= 0.3 is 5.97 Å². The summed E-state index contributed by atoms with van der Waals surface area (Å²) in [5.41, 5.74) is 3.04. The predicted octanol–water partition coefficient (Wildman–Crippen LogP) is 3.84. The minimum Gasteiger partial charge on any atom is -0.493 e. The number of hydrogen-bond donors (Lipinski definition) is 2. The van der Waals surface area contributed by atoms with Gasteiger partial charge in [-0.15, -0.1) is 11.3 Å². The molecule has 2 aromatic carbocycles. The van der Waals surface area contributed by atoms with Gasteiger partial charge in [-0.3, -0.25) is 4.79 Å². The Morgan fingerprint density at radius 3 is 2.36 bits per heavy atom. The Morgan fingerprint density at radius 2 is 1.72 bits per heavy atom. The van der Waals surface area contributed by atoms with Crippen LogP contribution in [0.5, 0.6) is 23.0 Å². The van der Waals surface area contributed by atoms with Gasteiger partial charge in [0.05, 0.1) is 32.5 Å². The van der Waals surface area contributed by atoms with Gasteiger partial charge in [0.15, 0.2) is 11.5 Å². The number of benzene rings is 2. The van der Waals surface area contributed by atoms with Gasteiger partial charge < -0.3 is 34.5 Å². The van der Waals surface area contributed by atoms with Gasteiger partial charge in [0.25, 0.3) is 5.91 Å². The number of esters is 1. The molecule has 1 aromatic heterocycles. The molecule has 188 valence electrons. The van der Waals surface area contributed by atoms with Crippen LogP contribution >= 0.6 is 11.3 Å². The molecule has 0 aliphatic carbocycles.